The Hall–Kier alpha value is -3.14. The number of hydrogen-bond acceptors (Lipinski definition) is 4. The van der Waals surface area contributed by atoms with Crippen LogP contribution in [0.2, 0.25) is 0 Å². The molecule has 0 aliphatic rings. The fourth-order valence-corrected chi connectivity index (χ4v) is 1.86. The molecular formula is C18H15N3O. The van der Waals surface area contributed by atoms with Crippen LogP contribution < -0.4 is 10.5 Å². The molecule has 3 aromatic carbocycles. The van der Waals surface area contributed by atoms with Crippen LogP contribution in [0.25, 0.3) is 0 Å². The third kappa shape index (κ3) is 3.70. The SMILES string of the molecule is Nc1ccc(N=Nc2ccc(Oc3ccccc3)cc2)cc1. The largest absolute Gasteiger partial charge is 0.457 e. The summed E-state index contributed by atoms with van der Waals surface area (Å²) in [5.41, 5.74) is 7.86. The molecule has 3 rings (SSSR count). The van der Waals surface area contributed by atoms with Crippen LogP contribution in [0.3, 0.4) is 0 Å². The highest BCUT2D eigenvalue weighted by Crippen LogP contribution is 2.25. The highest BCUT2D eigenvalue weighted by atomic mass is 16.5. The molecule has 22 heavy (non-hydrogen) atoms. The number of azo groups is 1. The second-order valence-corrected chi connectivity index (χ2v) is 4.70. The van der Waals surface area contributed by atoms with Crippen LogP contribution in [-0.4, -0.2) is 0 Å². The van der Waals surface area contributed by atoms with E-state index >= 15 is 0 Å². The summed E-state index contributed by atoms with van der Waals surface area (Å²) < 4.78 is 5.72. The molecule has 2 N–H and O–H groups in total. The monoisotopic (exact) mass is 289 g/mol. The molecule has 0 radical (unpaired) electrons. The van der Waals surface area contributed by atoms with Crippen LogP contribution in [-0.2, 0) is 0 Å². The molecule has 4 heteroatoms. The number of nitrogen functional groups attached to an aromatic ring is 1. The average molecular weight is 289 g/mol. The van der Waals surface area contributed by atoms with Gasteiger partial charge in [0.1, 0.15) is 11.5 Å². The highest BCUT2D eigenvalue weighted by Gasteiger charge is 1.97. The van der Waals surface area contributed by atoms with E-state index in [1.807, 2.05) is 66.7 Å². The second-order valence-electron chi connectivity index (χ2n) is 4.70. The van der Waals surface area contributed by atoms with Gasteiger partial charge in [-0.15, -0.1) is 0 Å². The van der Waals surface area contributed by atoms with Crippen molar-refractivity contribution in [2.75, 3.05) is 5.73 Å². The fourth-order valence-electron chi connectivity index (χ4n) is 1.86. The zero-order valence-electron chi connectivity index (χ0n) is 11.9. The van der Waals surface area contributed by atoms with Gasteiger partial charge in [0.05, 0.1) is 11.4 Å². The molecule has 0 aliphatic carbocycles. The summed E-state index contributed by atoms with van der Waals surface area (Å²) in [5.74, 6) is 1.57. The average Bonchev–Trinajstić information content (AvgIpc) is 2.57. The first-order chi connectivity index (χ1) is 10.8. The molecule has 0 unspecified atom stereocenters. The standard InChI is InChI=1S/C18H15N3O/c19-14-6-8-15(9-7-14)20-21-16-10-12-18(13-11-16)22-17-4-2-1-3-5-17/h1-13H,19H2. The van der Waals surface area contributed by atoms with Crippen molar-refractivity contribution in [1.82, 2.24) is 0 Å². The van der Waals surface area contributed by atoms with Gasteiger partial charge in [-0.1, -0.05) is 18.2 Å². The van der Waals surface area contributed by atoms with E-state index in [1.165, 1.54) is 0 Å². The molecule has 3 aromatic rings. The minimum absolute atomic E-state index is 0.710. The Morgan fingerprint density at radius 2 is 1.09 bits per heavy atom. The Kier molecular flexibility index (Phi) is 4.11. The number of benzene rings is 3. The van der Waals surface area contributed by atoms with Crippen LogP contribution >= 0.6 is 0 Å². The van der Waals surface area contributed by atoms with Crippen LogP contribution in [0.5, 0.6) is 11.5 Å². The lowest BCUT2D eigenvalue weighted by atomic mass is 10.3. The van der Waals surface area contributed by atoms with Crippen LogP contribution in [0.1, 0.15) is 0 Å². The van der Waals surface area contributed by atoms with E-state index in [0.717, 1.165) is 22.9 Å². The van der Waals surface area contributed by atoms with Gasteiger partial charge in [-0.2, -0.15) is 10.2 Å². The lowest BCUT2D eigenvalue weighted by Crippen LogP contribution is -1.82. The van der Waals surface area contributed by atoms with Gasteiger partial charge < -0.3 is 10.5 Å². The Labute approximate surface area is 128 Å². The van der Waals surface area contributed by atoms with Crippen molar-refractivity contribution in [3.63, 3.8) is 0 Å². The number of hydrogen-bond donors (Lipinski definition) is 1. The lowest BCUT2D eigenvalue weighted by molar-refractivity contribution is 0.483. The van der Waals surface area contributed by atoms with Gasteiger partial charge in [0.25, 0.3) is 0 Å². The maximum absolute atomic E-state index is 5.72. The highest BCUT2D eigenvalue weighted by molar-refractivity contribution is 5.48. The van der Waals surface area contributed by atoms with Gasteiger partial charge in [-0.25, -0.2) is 0 Å². The Bertz CT molecular complexity index is 751. The first kappa shape index (κ1) is 13.8. The molecule has 0 spiro atoms. The summed E-state index contributed by atoms with van der Waals surface area (Å²) in [5, 5.41) is 8.34. The molecule has 0 bridgehead atoms. The zero-order chi connectivity index (χ0) is 15.2. The summed E-state index contributed by atoms with van der Waals surface area (Å²) in [6.07, 6.45) is 0. The number of ether oxygens (including phenoxy) is 1. The summed E-state index contributed by atoms with van der Waals surface area (Å²) >= 11 is 0. The third-order valence-electron chi connectivity index (χ3n) is 2.99. The second kappa shape index (κ2) is 6.54. The molecule has 108 valence electrons. The van der Waals surface area contributed by atoms with Crippen molar-refractivity contribution in [2.45, 2.75) is 0 Å². The zero-order valence-corrected chi connectivity index (χ0v) is 11.9. The maximum atomic E-state index is 5.72. The smallest absolute Gasteiger partial charge is 0.127 e. The van der Waals surface area contributed by atoms with E-state index in [4.69, 9.17) is 10.5 Å². The van der Waals surface area contributed by atoms with Crippen molar-refractivity contribution in [3.05, 3.63) is 78.9 Å². The fraction of sp³-hybridized carbons (Fsp3) is 0. The Morgan fingerprint density at radius 1 is 0.591 bits per heavy atom. The lowest BCUT2D eigenvalue weighted by Gasteiger charge is -2.04. The molecule has 0 atom stereocenters. The number of anilines is 1. The minimum Gasteiger partial charge on any atom is -0.457 e. The minimum atomic E-state index is 0.710. The van der Waals surface area contributed by atoms with Crippen molar-refractivity contribution in [1.29, 1.82) is 0 Å². The van der Waals surface area contributed by atoms with Crippen LogP contribution in [0, 0.1) is 0 Å². The molecule has 0 saturated carbocycles. The van der Waals surface area contributed by atoms with Crippen molar-refractivity contribution >= 4 is 17.1 Å². The van der Waals surface area contributed by atoms with Crippen LogP contribution in [0.4, 0.5) is 17.1 Å². The molecule has 0 saturated heterocycles. The molecule has 0 heterocycles. The van der Waals surface area contributed by atoms with Crippen molar-refractivity contribution < 1.29 is 4.74 Å². The number of para-hydroxylation sites is 1. The van der Waals surface area contributed by atoms with E-state index in [0.29, 0.717) is 5.69 Å². The maximum Gasteiger partial charge on any atom is 0.127 e. The molecule has 0 fully saturated rings. The van der Waals surface area contributed by atoms with Crippen LogP contribution in [0.15, 0.2) is 89.1 Å². The summed E-state index contributed by atoms with van der Waals surface area (Å²) in [6, 6.07) is 24.3. The van der Waals surface area contributed by atoms with Gasteiger partial charge in [0.15, 0.2) is 0 Å². The molecule has 0 amide bonds. The van der Waals surface area contributed by atoms with E-state index in [-0.39, 0.29) is 0 Å². The van der Waals surface area contributed by atoms with E-state index < -0.39 is 0 Å². The topological polar surface area (TPSA) is 60.0 Å². The first-order valence-corrected chi connectivity index (χ1v) is 6.90. The molecule has 4 nitrogen and oxygen atoms in total. The number of rotatable bonds is 4. The number of nitrogens with zero attached hydrogens (tertiary/aromatic N) is 2. The van der Waals surface area contributed by atoms with Crippen molar-refractivity contribution in [2.24, 2.45) is 10.2 Å². The van der Waals surface area contributed by atoms with Gasteiger partial charge >= 0.3 is 0 Å². The quantitative estimate of drug-likeness (QED) is 0.511. The normalized spacial score (nSPS) is 10.7. The number of nitrogens with two attached hydrogens (primary N) is 1. The summed E-state index contributed by atoms with van der Waals surface area (Å²) in [6.45, 7) is 0. The van der Waals surface area contributed by atoms with Gasteiger partial charge in [0, 0.05) is 5.69 Å². The third-order valence-corrected chi connectivity index (χ3v) is 2.99. The molecule has 0 aromatic heterocycles. The van der Waals surface area contributed by atoms with Crippen molar-refractivity contribution in [3.8, 4) is 11.5 Å². The van der Waals surface area contributed by atoms with E-state index in [1.54, 1.807) is 12.1 Å². The molecular weight excluding hydrogens is 274 g/mol. The van der Waals surface area contributed by atoms with Gasteiger partial charge in [0.2, 0.25) is 0 Å². The predicted octanol–water partition coefficient (Wildman–Crippen LogP) is 5.48. The molecule has 0 aliphatic heterocycles. The predicted molar refractivity (Wildman–Crippen MR) is 88.0 cm³/mol. The Morgan fingerprint density at radius 3 is 1.68 bits per heavy atom. The van der Waals surface area contributed by atoms with Gasteiger partial charge in [-0.05, 0) is 60.7 Å². The van der Waals surface area contributed by atoms with Gasteiger partial charge in [-0.3, -0.25) is 0 Å². The Balaban J connectivity index is 1.67. The van der Waals surface area contributed by atoms with E-state index in [2.05, 4.69) is 10.2 Å². The summed E-state index contributed by atoms with van der Waals surface area (Å²) in [4.78, 5) is 0. The van der Waals surface area contributed by atoms with E-state index in [9.17, 15) is 0 Å². The summed E-state index contributed by atoms with van der Waals surface area (Å²) in [7, 11) is 0. The first-order valence-electron chi connectivity index (χ1n) is 6.90.